The third kappa shape index (κ3) is 5.23. The van der Waals surface area contributed by atoms with Crippen LogP contribution in [0.25, 0.3) is 0 Å². The first-order valence-electron chi connectivity index (χ1n) is 5.05. The summed E-state index contributed by atoms with van der Waals surface area (Å²) < 4.78 is 22.1. The zero-order valence-electron chi connectivity index (χ0n) is 9.67. The highest BCUT2D eigenvalue weighted by atomic mass is 32.2. The molecule has 1 unspecified atom stereocenters. The van der Waals surface area contributed by atoms with Crippen molar-refractivity contribution in [3.8, 4) is 0 Å². The lowest BCUT2D eigenvalue weighted by molar-refractivity contribution is 0.0943. The SMILES string of the molecule is CC(CS(C)(=O)=O)NC(=O)c1ccc(S)cc1. The summed E-state index contributed by atoms with van der Waals surface area (Å²) in [5.74, 6) is -0.349. The van der Waals surface area contributed by atoms with Gasteiger partial charge in [-0.25, -0.2) is 8.42 Å². The second-order valence-electron chi connectivity index (χ2n) is 4.01. The van der Waals surface area contributed by atoms with E-state index in [0.29, 0.717) is 5.56 Å². The molecule has 0 saturated carbocycles. The molecular weight excluding hydrogens is 258 g/mol. The van der Waals surface area contributed by atoms with Gasteiger partial charge in [-0.3, -0.25) is 4.79 Å². The predicted molar refractivity (Wildman–Crippen MR) is 70.3 cm³/mol. The summed E-state index contributed by atoms with van der Waals surface area (Å²) in [5, 5.41) is 2.63. The molecular formula is C11H15NO3S2. The zero-order chi connectivity index (χ0) is 13.1. The lowest BCUT2D eigenvalue weighted by Crippen LogP contribution is -2.37. The Morgan fingerprint density at radius 1 is 1.35 bits per heavy atom. The van der Waals surface area contributed by atoms with Gasteiger partial charge in [0.15, 0.2) is 0 Å². The van der Waals surface area contributed by atoms with Crippen LogP contribution in [0, 0.1) is 0 Å². The Hall–Kier alpha value is -1.01. The van der Waals surface area contributed by atoms with E-state index in [1.807, 2.05) is 0 Å². The van der Waals surface area contributed by atoms with E-state index in [2.05, 4.69) is 17.9 Å². The fourth-order valence-corrected chi connectivity index (χ4v) is 2.56. The van der Waals surface area contributed by atoms with Gasteiger partial charge < -0.3 is 5.32 Å². The topological polar surface area (TPSA) is 63.2 Å². The Bertz CT molecular complexity index is 494. The van der Waals surface area contributed by atoms with E-state index in [9.17, 15) is 13.2 Å². The zero-order valence-corrected chi connectivity index (χ0v) is 11.4. The van der Waals surface area contributed by atoms with Gasteiger partial charge >= 0.3 is 0 Å². The Morgan fingerprint density at radius 3 is 2.35 bits per heavy atom. The third-order valence-electron chi connectivity index (χ3n) is 2.06. The molecule has 0 spiro atoms. The van der Waals surface area contributed by atoms with E-state index in [1.165, 1.54) is 0 Å². The summed E-state index contributed by atoms with van der Waals surface area (Å²) in [7, 11) is -3.08. The molecule has 6 heteroatoms. The molecule has 0 radical (unpaired) electrons. The highest BCUT2D eigenvalue weighted by molar-refractivity contribution is 7.90. The summed E-state index contributed by atoms with van der Waals surface area (Å²) in [6, 6.07) is 6.29. The second kappa shape index (κ2) is 5.55. The molecule has 0 saturated heterocycles. The smallest absolute Gasteiger partial charge is 0.251 e. The highest BCUT2D eigenvalue weighted by Crippen LogP contribution is 2.07. The lowest BCUT2D eigenvalue weighted by Gasteiger charge is -2.12. The fourth-order valence-electron chi connectivity index (χ4n) is 1.42. The van der Waals surface area contributed by atoms with Gasteiger partial charge in [0.1, 0.15) is 9.84 Å². The number of benzene rings is 1. The molecule has 94 valence electrons. The number of nitrogens with one attached hydrogen (secondary N) is 1. The van der Waals surface area contributed by atoms with Gasteiger partial charge in [0, 0.05) is 22.8 Å². The molecule has 0 aliphatic carbocycles. The van der Waals surface area contributed by atoms with Gasteiger partial charge in [-0.05, 0) is 31.2 Å². The minimum Gasteiger partial charge on any atom is -0.349 e. The molecule has 0 aromatic heterocycles. The van der Waals surface area contributed by atoms with E-state index in [0.717, 1.165) is 11.2 Å². The molecule has 1 N–H and O–H groups in total. The summed E-state index contributed by atoms with van der Waals surface area (Å²) in [5.41, 5.74) is 0.489. The summed E-state index contributed by atoms with van der Waals surface area (Å²) in [6.07, 6.45) is 1.14. The summed E-state index contributed by atoms with van der Waals surface area (Å²) in [6.45, 7) is 1.66. The lowest BCUT2D eigenvalue weighted by atomic mass is 10.2. The van der Waals surface area contributed by atoms with Crippen molar-refractivity contribution < 1.29 is 13.2 Å². The molecule has 0 fully saturated rings. The van der Waals surface area contributed by atoms with Crippen molar-refractivity contribution in [3.05, 3.63) is 29.8 Å². The first-order chi connectivity index (χ1) is 7.78. The average molecular weight is 273 g/mol. The van der Waals surface area contributed by atoms with Crippen LogP contribution in [-0.4, -0.2) is 32.4 Å². The van der Waals surface area contributed by atoms with E-state index in [4.69, 9.17) is 0 Å². The van der Waals surface area contributed by atoms with Crippen LogP contribution in [0.2, 0.25) is 0 Å². The van der Waals surface area contributed by atoms with Crippen molar-refractivity contribution in [2.45, 2.75) is 17.9 Å². The molecule has 17 heavy (non-hydrogen) atoms. The van der Waals surface area contributed by atoms with Crippen LogP contribution in [0.4, 0.5) is 0 Å². The van der Waals surface area contributed by atoms with Crippen molar-refractivity contribution in [1.29, 1.82) is 0 Å². The molecule has 0 bridgehead atoms. The first-order valence-corrected chi connectivity index (χ1v) is 7.56. The van der Waals surface area contributed by atoms with Crippen LogP contribution in [0.3, 0.4) is 0 Å². The third-order valence-corrected chi connectivity index (χ3v) is 3.46. The fraction of sp³-hybridized carbons (Fsp3) is 0.364. The molecule has 1 aromatic carbocycles. The van der Waals surface area contributed by atoms with Gasteiger partial charge in [-0.2, -0.15) is 0 Å². The summed E-state index contributed by atoms with van der Waals surface area (Å²) in [4.78, 5) is 12.5. The number of amides is 1. The number of rotatable bonds is 4. The maximum atomic E-state index is 11.7. The van der Waals surface area contributed by atoms with Gasteiger partial charge in [0.05, 0.1) is 5.75 Å². The minimum atomic E-state index is -3.08. The number of carbonyl (C=O) groups excluding carboxylic acids is 1. The molecule has 0 aliphatic heterocycles. The average Bonchev–Trinajstić information content (AvgIpc) is 2.15. The predicted octanol–water partition coefficient (Wildman–Crippen LogP) is 1.14. The molecule has 4 nitrogen and oxygen atoms in total. The van der Waals surface area contributed by atoms with E-state index in [1.54, 1.807) is 31.2 Å². The van der Waals surface area contributed by atoms with Gasteiger partial charge in [0.2, 0.25) is 0 Å². The van der Waals surface area contributed by atoms with Crippen molar-refractivity contribution in [3.63, 3.8) is 0 Å². The van der Waals surface area contributed by atoms with E-state index >= 15 is 0 Å². The van der Waals surface area contributed by atoms with Gasteiger partial charge in [-0.1, -0.05) is 0 Å². The molecule has 0 heterocycles. The maximum Gasteiger partial charge on any atom is 0.251 e. The molecule has 1 aromatic rings. The standard InChI is InChI=1S/C11H15NO3S2/c1-8(7-17(2,14)15)12-11(13)9-3-5-10(16)6-4-9/h3-6,8,16H,7H2,1-2H3,(H,12,13). The van der Waals surface area contributed by atoms with Crippen LogP contribution >= 0.6 is 12.6 Å². The molecule has 1 amide bonds. The van der Waals surface area contributed by atoms with E-state index in [-0.39, 0.29) is 11.7 Å². The van der Waals surface area contributed by atoms with Gasteiger partial charge in [-0.15, -0.1) is 12.6 Å². The molecule has 1 rings (SSSR count). The number of carbonyl (C=O) groups is 1. The quantitative estimate of drug-likeness (QED) is 0.809. The molecule has 0 aliphatic rings. The minimum absolute atomic E-state index is 0.0661. The Balaban J connectivity index is 2.63. The van der Waals surface area contributed by atoms with Crippen LogP contribution in [-0.2, 0) is 9.84 Å². The summed E-state index contributed by atoms with van der Waals surface area (Å²) >= 11 is 4.12. The first kappa shape index (κ1) is 14.1. The van der Waals surface area contributed by atoms with Gasteiger partial charge in [0.25, 0.3) is 5.91 Å². The number of sulfone groups is 1. The maximum absolute atomic E-state index is 11.7. The van der Waals surface area contributed by atoms with Crippen molar-refractivity contribution in [2.24, 2.45) is 0 Å². The van der Waals surface area contributed by atoms with Crippen LogP contribution in [0.15, 0.2) is 29.2 Å². The Labute approximate surface area is 107 Å². The van der Waals surface area contributed by atoms with E-state index < -0.39 is 15.9 Å². The van der Waals surface area contributed by atoms with Crippen molar-refractivity contribution >= 4 is 28.4 Å². The van der Waals surface area contributed by atoms with Crippen LogP contribution < -0.4 is 5.32 Å². The highest BCUT2D eigenvalue weighted by Gasteiger charge is 2.14. The second-order valence-corrected chi connectivity index (χ2v) is 6.72. The number of thiol groups is 1. The van der Waals surface area contributed by atoms with Crippen LogP contribution in [0.1, 0.15) is 17.3 Å². The Morgan fingerprint density at radius 2 is 1.88 bits per heavy atom. The largest absolute Gasteiger partial charge is 0.349 e. The number of hydrogen-bond donors (Lipinski definition) is 2. The Kier molecular flexibility index (Phi) is 4.59. The van der Waals surface area contributed by atoms with Crippen LogP contribution in [0.5, 0.6) is 0 Å². The number of hydrogen-bond acceptors (Lipinski definition) is 4. The normalized spacial score (nSPS) is 13.1. The monoisotopic (exact) mass is 273 g/mol. The molecule has 1 atom stereocenters. The van der Waals surface area contributed by atoms with Crippen molar-refractivity contribution in [1.82, 2.24) is 5.32 Å². The van der Waals surface area contributed by atoms with Crippen molar-refractivity contribution in [2.75, 3.05) is 12.0 Å².